The molecular weight excluding hydrogens is 266 g/mol. The summed E-state index contributed by atoms with van der Waals surface area (Å²) in [5.41, 5.74) is 1.49. The predicted octanol–water partition coefficient (Wildman–Crippen LogP) is 2.52. The number of nitrogens with zero attached hydrogens (tertiary/aromatic N) is 3. The van der Waals surface area contributed by atoms with Crippen molar-refractivity contribution in [2.45, 2.75) is 0 Å². The number of aromatic nitrogens is 3. The summed E-state index contributed by atoms with van der Waals surface area (Å²) in [6, 6.07) is 9.69. The first-order valence-electron chi connectivity index (χ1n) is 5.31. The zero-order chi connectivity index (χ0) is 12.7. The van der Waals surface area contributed by atoms with Gasteiger partial charge in [0.1, 0.15) is 4.70 Å². The lowest BCUT2D eigenvalue weighted by molar-refractivity contribution is 0.839. The van der Waals surface area contributed by atoms with Crippen LogP contribution in [0.25, 0.3) is 16.0 Å². The van der Waals surface area contributed by atoms with Crippen molar-refractivity contribution in [1.29, 1.82) is 0 Å². The maximum atomic E-state index is 12.0. The van der Waals surface area contributed by atoms with Gasteiger partial charge in [-0.15, -0.1) is 0 Å². The molecule has 0 bridgehead atoms. The molecule has 0 amide bonds. The first-order chi connectivity index (χ1) is 8.68. The van der Waals surface area contributed by atoms with E-state index in [9.17, 15) is 4.79 Å². The Bertz CT molecular complexity index is 830. The van der Waals surface area contributed by atoms with Crippen LogP contribution < -0.4 is 5.56 Å². The predicted molar refractivity (Wildman–Crippen MR) is 75.0 cm³/mol. The zero-order valence-electron chi connectivity index (χ0n) is 9.53. The van der Waals surface area contributed by atoms with Gasteiger partial charge in [0.25, 0.3) is 5.56 Å². The summed E-state index contributed by atoms with van der Waals surface area (Å²) < 4.78 is 4.51. The van der Waals surface area contributed by atoms with Crippen LogP contribution >= 0.6 is 23.6 Å². The van der Waals surface area contributed by atoms with Gasteiger partial charge in [-0.3, -0.25) is 9.36 Å². The van der Waals surface area contributed by atoms with Gasteiger partial charge >= 0.3 is 0 Å². The maximum Gasteiger partial charge on any atom is 0.272 e. The molecule has 0 fully saturated rings. The molecule has 0 N–H and O–H groups in total. The van der Waals surface area contributed by atoms with Crippen molar-refractivity contribution in [3.05, 3.63) is 51.0 Å². The van der Waals surface area contributed by atoms with E-state index >= 15 is 0 Å². The summed E-state index contributed by atoms with van der Waals surface area (Å²) >= 11 is 6.63. The molecule has 0 aliphatic carbocycles. The number of fused-ring (bicyclic) bond motifs is 1. The van der Waals surface area contributed by atoms with Crippen LogP contribution in [0, 0.1) is 3.95 Å². The molecule has 2 aromatic heterocycles. The number of thiazole rings is 1. The number of benzene rings is 1. The SMILES string of the molecule is Cn1cnc2c(sc(=S)n2-c2ccccc2)c1=O. The molecule has 0 saturated carbocycles. The van der Waals surface area contributed by atoms with Crippen LogP contribution in [0.5, 0.6) is 0 Å². The first kappa shape index (κ1) is 11.3. The van der Waals surface area contributed by atoms with Crippen molar-refractivity contribution in [3.8, 4) is 5.69 Å². The van der Waals surface area contributed by atoms with Gasteiger partial charge in [0.2, 0.25) is 0 Å². The van der Waals surface area contributed by atoms with E-state index < -0.39 is 0 Å². The van der Waals surface area contributed by atoms with Gasteiger partial charge in [0.05, 0.1) is 6.33 Å². The Hall–Kier alpha value is -1.79. The third-order valence-corrected chi connectivity index (χ3v) is 4.02. The van der Waals surface area contributed by atoms with Crippen molar-refractivity contribution in [2.75, 3.05) is 0 Å². The molecule has 6 heteroatoms. The molecule has 0 unspecified atom stereocenters. The lowest BCUT2D eigenvalue weighted by atomic mass is 10.3. The van der Waals surface area contributed by atoms with Crippen molar-refractivity contribution >= 4 is 33.9 Å². The molecule has 0 spiro atoms. The average Bonchev–Trinajstić information content (AvgIpc) is 2.72. The lowest BCUT2D eigenvalue weighted by Gasteiger charge is -2.03. The summed E-state index contributed by atoms with van der Waals surface area (Å²) in [7, 11) is 1.68. The van der Waals surface area contributed by atoms with E-state index in [-0.39, 0.29) is 5.56 Å². The number of aryl methyl sites for hydroxylation is 1. The van der Waals surface area contributed by atoms with Crippen molar-refractivity contribution < 1.29 is 0 Å². The van der Waals surface area contributed by atoms with E-state index in [1.54, 1.807) is 7.05 Å². The Kier molecular flexibility index (Phi) is 2.61. The summed E-state index contributed by atoms with van der Waals surface area (Å²) in [6.07, 6.45) is 1.52. The molecule has 0 atom stereocenters. The van der Waals surface area contributed by atoms with Crippen molar-refractivity contribution in [1.82, 2.24) is 14.1 Å². The average molecular weight is 275 g/mol. The van der Waals surface area contributed by atoms with Gasteiger partial charge in [-0.2, -0.15) is 0 Å². The summed E-state index contributed by atoms with van der Waals surface area (Å²) in [6.45, 7) is 0. The van der Waals surface area contributed by atoms with Gasteiger partial charge < -0.3 is 4.57 Å². The van der Waals surface area contributed by atoms with Crippen LogP contribution in [0.1, 0.15) is 0 Å². The monoisotopic (exact) mass is 275 g/mol. The number of hydrogen-bond donors (Lipinski definition) is 0. The zero-order valence-corrected chi connectivity index (χ0v) is 11.2. The van der Waals surface area contributed by atoms with Gasteiger partial charge in [0, 0.05) is 12.7 Å². The van der Waals surface area contributed by atoms with Crippen LogP contribution in [0.2, 0.25) is 0 Å². The Morgan fingerprint density at radius 1 is 1.28 bits per heavy atom. The molecule has 2 heterocycles. The topological polar surface area (TPSA) is 39.8 Å². The van der Waals surface area contributed by atoms with Crippen LogP contribution in [-0.4, -0.2) is 14.1 Å². The Morgan fingerprint density at radius 3 is 2.72 bits per heavy atom. The maximum absolute atomic E-state index is 12.0. The highest BCUT2D eigenvalue weighted by Gasteiger charge is 2.11. The van der Waals surface area contributed by atoms with Crippen LogP contribution in [-0.2, 0) is 7.05 Å². The number of para-hydroxylation sites is 1. The molecule has 0 aliphatic heterocycles. The standard InChI is InChI=1S/C12H9N3OS2/c1-14-7-13-10-9(11(14)16)18-12(17)15(10)8-5-3-2-4-6-8/h2-7H,1H3. The normalized spacial score (nSPS) is 10.9. The Labute approximate surface area is 112 Å². The van der Waals surface area contributed by atoms with Crippen LogP contribution in [0.4, 0.5) is 0 Å². The molecule has 3 aromatic rings. The van der Waals surface area contributed by atoms with E-state index in [2.05, 4.69) is 4.98 Å². The lowest BCUT2D eigenvalue weighted by Crippen LogP contribution is -2.16. The third-order valence-electron chi connectivity index (χ3n) is 2.67. The first-order valence-corrected chi connectivity index (χ1v) is 6.53. The van der Waals surface area contributed by atoms with Gasteiger partial charge in [-0.1, -0.05) is 29.5 Å². The minimum Gasteiger partial charge on any atom is -0.301 e. The van der Waals surface area contributed by atoms with E-state index in [1.165, 1.54) is 22.2 Å². The Balaban J connectivity index is 2.45. The fraction of sp³-hybridized carbons (Fsp3) is 0.0833. The summed E-state index contributed by atoms with van der Waals surface area (Å²) in [5, 5.41) is 0. The van der Waals surface area contributed by atoms with Gasteiger partial charge in [-0.25, -0.2) is 4.98 Å². The minimum atomic E-state index is -0.0641. The van der Waals surface area contributed by atoms with Crippen LogP contribution in [0.3, 0.4) is 0 Å². The van der Waals surface area contributed by atoms with Crippen molar-refractivity contribution in [2.24, 2.45) is 7.05 Å². The highest BCUT2D eigenvalue weighted by atomic mass is 32.1. The van der Waals surface area contributed by atoms with Crippen molar-refractivity contribution in [3.63, 3.8) is 0 Å². The fourth-order valence-corrected chi connectivity index (χ4v) is 3.15. The fourth-order valence-electron chi connectivity index (χ4n) is 1.78. The highest BCUT2D eigenvalue weighted by molar-refractivity contribution is 7.73. The molecule has 90 valence electrons. The van der Waals surface area contributed by atoms with Gasteiger partial charge in [-0.05, 0) is 24.4 Å². The minimum absolute atomic E-state index is 0.0641. The van der Waals surface area contributed by atoms with Gasteiger partial charge in [0.15, 0.2) is 9.60 Å². The molecule has 4 nitrogen and oxygen atoms in total. The highest BCUT2D eigenvalue weighted by Crippen LogP contribution is 2.22. The molecule has 3 rings (SSSR count). The molecule has 0 aliphatic rings. The Morgan fingerprint density at radius 2 is 2.00 bits per heavy atom. The molecule has 1 aromatic carbocycles. The second-order valence-corrected chi connectivity index (χ2v) is 5.50. The second-order valence-electron chi connectivity index (χ2n) is 3.85. The number of hydrogen-bond acceptors (Lipinski definition) is 4. The number of rotatable bonds is 1. The molecule has 0 saturated heterocycles. The van der Waals surface area contributed by atoms with E-state index in [0.717, 1.165) is 5.69 Å². The van der Waals surface area contributed by atoms with E-state index in [1.807, 2.05) is 34.9 Å². The van der Waals surface area contributed by atoms with E-state index in [4.69, 9.17) is 12.2 Å². The smallest absolute Gasteiger partial charge is 0.272 e. The largest absolute Gasteiger partial charge is 0.301 e. The summed E-state index contributed by atoms with van der Waals surface area (Å²) in [5.74, 6) is 0. The van der Waals surface area contributed by atoms with E-state index in [0.29, 0.717) is 14.3 Å². The summed E-state index contributed by atoms with van der Waals surface area (Å²) in [4.78, 5) is 16.3. The quantitative estimate of drug-likeness (QED) is 0.641. The van der Waals surface area contributed by atoms with Crippen LogP contribution in [0.15, 0.2) is 41.5 Å². The molecular formula is C12H9N3OS2. The molecule has 18 heavy (non-hydrogen) atoms. The third kappa shape index (κ3) is 1.61. The second kappa shape index (κ2) is 4.15. The molecule has 0 radical (unpaired) electrons.